The monoisotopic (exact) mass is 267 g/mol. The first-order valence-electron chi connectivity index (χ1n) is 7.29. The van der Waals surface area contributed by atoms with Gasteiger partial charge in [0, 0.05) is 12.5 Å². The molecule has 2 fully saturated rings. The fourth-order valence-corrected chi connectivity index (χ4v) is 2.87. The molecule has 0 bridgehead atoms. The van der Waals surface area contributed by atoms with Crippen LogP contribution in [0.2, 0.25) is 0 Å². The molecular formula is C14H25N3O2. The van der Waals surface area contributed by atoms with Crippen LogP contribution in [0.5, 0.6) is 0 Å². The molecule has 1 atom stereocenters. The van der Waals surface area contributed by atoms with Gasteiger partial charge in [-0.05, 0) is 43.7 Å². The molecule has 1 aliphatic heterocycles. The molecule has 1 aliphatic carbocycles. The highest BCUT2D eigenvalue weighted by atomic mass is 16.2. The summed E-state index contributed by atoms with van der Waals surface area (Å²) in [6, 6.07) is 0. The summed E-state index contributed by atoms with van der Waals surface area (Å²) < 4.78 is 0. The topological polar surface area (TPSA) is 70.2 Å². The van der Waals surface area contributed by atoms with Crippen LogP contribution >= 0.6 is 0 Å². The summed E-state index contributed by atoms with van der Waals surface area (Å²) in [6.07, 6.45) is 3.17. The zero-order chi connectivity index (χ0) is 13.9. The lowest BCUT2D eigenvalue weighted by molar-refractivity contribution is -0.127. The molecule has 108 valence electrons. The van der Waals surface area contributed by atoms with Crippen LogP contribution in [0.4, 0.5) is 0 Å². The van der Waals surface area contributed by atoms with Crippen molar-refractivity contribution in [1.82, 2.24) is 16.0 Å². The van der Waals surface area contributed by atoms with E-state index in [0.717, 1.165) is 32.4 Å². The van der Waals surface area contributed by atoms with Gasteiger partial charge in [-0.3, -0.25) is 9.59 Å². The van der Waals surface area contributed by atoms with E-state index in [1.807, 2.05) is 13.8 Å². The van der Waals surface area contributed by atoms with Crippen molar-refractivity contribution in [3.63, 3.8) is 0 Å². The van der Waals surface area contributed by atoms with E-state index in [1.54, 1.807) is 0 Å². The van der Waals surface area contributed by atoms with E-state index in [1.165, 1.54) is 0 Å². The van der Waals surface area contributed by atoms with Gasteiger partial charge in [0.15, 0.2) is 0 Å². The van der Waals surface area contributed by atoms with E-state index in [4.69, 9.17) is 0 Å². The van der Waals surface area contributed by atoms with Gasteiger partial charge in [0.25, 0.3) is 0 Å². The summed E-state index contributed by atoms with van der Waals surface area (Å²) >= 11 is 0. The van der Waals surface area contributed by atoms with Crippen molar-refractivity contribution in [2.75, 3.05) is 26.2 Å². The standard InChI is InChI=1S/C14H25N3O2/c1-10(2)8-16-12(18)9-17-13(19)11-7-14(11)3-5-15-6-4-14/h10-11,15H,3-9H2,1-2H3,(H,16,18)(H,17,19). The first kappa shape index (κ1) is 14.3. The first-order valence-corrected chi connectivity index (χ1v) is 7.29. The number of rotatable bonds is 5. The zero-order valence-corrected chi connectivity index (χ0v) is 11.9. The number of nitrogens with one attached hydrogen (secondary N) is 3. The predicted molar refractivity (Wildman–Crippen MR) is 73.5 cm³/mol. The van der Waals surface area contributed by atoms with Crippen LogP contribution in [0.3, 0.4) is 0 Å². The number of amides is 2. The van der Waals surface area contributed by atoms with Crippen LogP contribution in [0.25, 0.3) is 0 Å². The molecule has 5 heteroatoms. The molecular weight excluding hydrogens is 242 g/mol. The van der Waals surface area contributed by atoms with Crippen molar-refractivity contribution in [3.05, 3.63) is 0 Å². The molecule has 2 amide bonds. The van der Waals surface area contributed by atoms with Gasteiger partial charge >= 0.3 is 0 Å². The van der Waals surface area contributed by atoms with Gasteiger partial charge in [-0.2, -0.15) is 0 Å². The second-order valence-electron chi connectivity index (χ2n) is 6.28. The quantitative estimate of drug-likeness (QED) is 0.669. The van der Waals surface area contributed by atoms with Crippen molar-refractivity contribution >= 4 is 11.8 Å². The lowest BCUT2D eigenvalue weighted by Gasteiger charge is -2.23. The summed E-state index contributed by atoms with van der Waals surface area (Å²) in [5, 5.41) is 8.89. The molecule has 0 radical (unpaired) electrons. The third-order valence-electron chi connectivity index (χ3n) is 4.24. The van der Waals surface area contributed by atoms with E-state index in [2.05, 4.69) is 16.0 Å². The molecule has 0 aromatic heterocycles. The Hall–Kier alpha value is -1.10. The van der Waals surface area contributed by atoms with Crippen molar-refractivity contribution < 1.29 is 9.59 Å². The normalized spacial score (nSPS) is 24.3. The van der Waals surface area contributed by atoms with Gasteiger partial charge < -0.3 is 16.0 Å². The van der Waals surface area contributed by atoms with Crippen LogP contribution < -0.4 is 16.0 Å². The van der Waals surface area contributed by atoms with E-state index < -0.39 is 0 Å². The van der Waals surface area contributed by atoms with E-state index in [9.17, 15) is 9.59 Å². The maximum Gasteiger partial charge on any atom is 0.239 e. The van der Waals surface area contributed by atoms with Gasteiger partial charge in [-0.25, -0.2) is 0 Å². The molecule has 0 aromatic rings. The predicted octanol–water partition coefficient (Wildman–Crippen LogP) is 0.265. The van der Waals surface area contributed by atoms with Crippen LogP contribution in [-0.4, -0.2) is 38.0 Å². The molecule has 2 aliphatic rings. The lowest BCUT2D eigenvalue weighted by atomic mass is 9.92. The van der Waals surface area contributed by atoms with Crippen LogP contribution in [0.15, 0.2) is 0 Å². The second-order valence-corrected chi connectivity index (χ2v) is 6.28. The number of carbonyl (C=O) groups is 2. The molecule has 1 unspecified atom stereocenters. The summed E-state index contributed by atoms with van der Waals surface area (Å²) in [5.41, 5.74) is 0.240. The average molecular weight is 267 g/mol. The molecule has 1 saturated heterocycles. The zero-order valence-electron chi connectivity index (χ0n) is 11.9. The van der Waals surface area contributed by atoms with Crippen LogP contribution in [0, 0.1) is 17.3 Å². The van der Waals surface area contributed by atoms with Gasteiger partial charge in [0.05, 0.1) is 6.54 Å². The minimum atomic E-state index is -0.0953. The van der Waals surface area contributed by atoms with Crippen molar-refractivity contribution in [3.8, 4) is 0 Å². The summed E-state index contributed by atoms with van der Waals surface area (Å²) in [4.78, 5) is 23.5. The third-order valence-corrected chi connectivity index (χ3v) is 4.24. The van der Waals surface area contributed by atoms with Gasteiger partial charge in [-0.15, -0.1) is 0 Å². The SMILES string of the molecule is CC(C)CNC(=O)CNC(=O)C1CC12CCNCC2. The molecule has 0 aromatic carbocycles. The summed E-state index contributed by atoms with van der Waals surface area (Å²) in [5.74, 6) is 0.525. The Morgan fingerprint density at radius 1 is 1.26 bits per heavy atom. The highest BCUT2D eigenvalue weighted by Gasteiger charge is 2.57. The maximum atomic E-state index is 12.0. The first-order chi connectivity index (χ1) is 9.03. The Balaban J connectivity index is 1.67. The fraction of sp³-hybridized carbons (Fsp3) is 0.857. The largest absolute Gasteiger partial charge is 0.354 e. The van der Waals surface area contributed by atoms with E-state index in [-0.39, 0.29) is 29.7 Å². The average Bonchev–Trinajstić information content (AvgIpc) is 3.08. The molecule has 1 heterocycles. The number of hydrogen-bond donors (Lipinski definition) is 3. The fourth-order valence-electron chi connectivity index (χ4n) is 2.87. The van der Waals surface area contributed by atoms with Gasteiger partial charge in [-0.1, -0.05) is 13.8 Å². The summed E-state index contributed by atoms with van der Waals surface area (Å²) in [7, 11) is 0. The minimum Gasteiger partial charge on any atom is -0.354 e. The Bertz CT molecular complexity index is 349. The molecule has 19 heavy (non-hydrogen) atoms. The third kappa shape index (κ3) is 3.69. The molecule has 5 nitrogen and oxygen atoms in total. The number of piperidine rings is 1. The van der Waals surface area contributed by atoms with Crippen LogP contribution in [0.1, 0.15) is 33.1 Å². The van der Waals surface area contributed by atoms with E-state index >= 15 is 0 Å². The Kier molecular flexibility index (Phi) is 4.45. The smallest absolute Gasteiger partial charge is 0.239 e. The number of carbonyl (C=O) groups excluding carboxylic acids is 2. The highest BCUT2D eigenvalue weighted by molar-refractivity contribution is 5.87. The van der Waals surface area contributed by atoms with Crippen LogP contribution in [-0.2, 0) is 9.59 Å². The maximum absolute atomic E-state index is 12.0. The van der Waals surface area contributed by atoms with E-state index in [0.29, 0.717) is 12.5 Å². The molecule has 1 spiro atoms. The van der Waals surface area contributed by atoms with Gasteiger partial charge in [0.2, 0.25) is 11.8 Å². The lowest BCUT2D eigenvalue weighted by Crippen LogP contribution is -2.40. The van der Waals surface area contributed by atoms with Crippen molar-refractivity contribution in [2.24, 2.45) is 17.3 Å². The molecule has 3 N–H and O–H groups in total. The highest BCUT2D eigenvalue weighted by Crippen LogP contribution is 2.58. The molecule has 1 saturated carbocycles. The van der Waals surface area contributed by atoms with Gasteiger partial charge in [0.1, 0.15) is 0 Å². The van der Waals surface area contributed by atoms with Crippen molar-refractivity contribution in [1.29, 1.82) is 0 Å². The second kappa shape index (κ2) is 5.90. The minimum absolute atomic E-state index is 0.0570. The van der Waals surface area contributed by atoms with Crippen molar-refractivity contribution in [2.45, 2.75) is 33.1 Å². The summed E-state index contributed by atoms with van der Waals surface area (Å²) in [6.45, 7) is 6.88. The Morgan fingerprint density at radius 3 is 2.58 bits per heavy atom. The Labute approximate surface area is 114 Å². The molecule has 2 rings (SSSR count). The number of hydrogen-bond acceptors (Lipinski definition) is 3. The Morgan fingerprint density at radius 2 is 1.95 bits per heavy atom.